The van der Waals surface area contributed by atoms with E-state index in [2.05, 4.69) is 14.9 Å². The first-order valence-electron chi connectivity index (χ1n) is 5.59. The Labute approximate surface area is 98.3 Å². The van der Waals surface area contributed by atoms with Gasteiger partial charge in [-0.1, -0.05) is 0 Å². The highest BCUT2D eigenvalue weighted by Gasteiger charge is 2.22. The highest BCUT2D eigenvalue weighted by atomic mass is 16.4. The number of aromatic carboxylic acids is 1. The minimum atomic E-state index is -1.17. The number of aromatic nitrogens is 2. The van der Waals surface area contributed by atoms with Crippen molar-refractivity contribution in [1.29, 1.82) is 0 Å². The average molecular weight is 237 g/mol. The lowest BCUT2D eigenvalue weighted by Gasteiger charge is -2.28. The highest BCUT2D eigenvalue weighted by Crippen LogP contribution is 2.22. The molecule has 92 valence electrons. The summed E-state index contributed by atoms with van der Waals surface area (Å²) in [6.45, 7) is 1.82. The summed E-state index contributed by atoms with van der Waals surface area (Å²) >= 11 is 0. The third-order valence-electron chi connectivity index (χ3n) is 2.99. The Balaban J connectivity index is 2.31. The van der Waals surface area contributed by atoms with Crippen LogP contribution in [0.3, 0.4) is 0 Å². The molecule has 0 radical (unpaired) electrons. The van der Waals surface area contributed by atoms with Crippen molar-refractivity contribution in [2.24, 2.45) is 0 Å². The molecule has 1 aliphatic rings. The predicted octanol–water partition coefficient (Wildman–Crippen LogP) is 0.277. The number of hydrogen-bond donors (Lipinski definition) is 2. The first kappa shape index (κ1) is 11.8. The van der Waals surface area contributed by atoms with Gasteiger partial charge in [-0.3, -0.25) is 4.79 Å². The second kappa shape index (κ2) is 4.67. The van der Waals surface area contributed by atoms with Crippen molar-refractivity contribution in [3.8, 4) is 0 Å². The Hall–Kier alpha value is -1.69. The maximum absolute atomic E-state index is 11.4. The summed E-state index contributed by atoms with van der Waals surface area (Å²) < 4.78 is 0. The van der Waals surface area contributed by atoms with Crippen LogP contribution in [0.4, 0.5) is 0 Å². The van der Waals surface area contributed by atoms with Crippen LogP contribution in [-0.2, 0) is 0 Å². The zero-order valence-corrected chi connectivity index (χ0v) is 9.64. The summed E-state index contributed by atoms with van der Waals surface area (Å²) in [6, 6.07) is 1.01. The molecule has 0 amide bonds. The molecule has 6 heteroatoms. The van der Waals surface area contributed by atoms with Crippen LogP contribution in [0.1, 0.15) is 35.1 Å². The highest BCUT2D eigenvalue weighted by molar-refractivity contribution is 5.85. The van der Waals surface area contributed by atoms with Gasteiger partial charge in [0.05, 0.1) is 0 Å². The van der Waals surface area contributed by atoms with Gasteiger partial charge in [-0.15, -0.1) is 0 Å². The molecule has 2 heterocycles. The monoisotopic (exact) mass is 237 g/mol. The predicted molar refractivity (Wildman–Crippen MR) is 61.3 cm³/mol. The number of aromatic amines is 1. The number of likely N-dealkylation sites (tertiary alicyclic amines) is 1. The van der Waals surface area contributed by atoms with Gasteiger partial charge >= 0.3 is 5.97 Å². The fourth-order valence-corrected chi connectivity index (χ4v) is 2.17. The molecule has 1 unspecified atom stereocenters. The molecule has 6 nitrogen and oxygen atoms in total. The number of carbonyl (C=O) groups is 1. The van der Waals surface area contributed by atoms with Gasteiger partial charge in [0.25, 0.3) is 5.56 Å². The van der Waals surface area contributed by atoms with E-state index in [0.717, 1.165) is 32.0 Å². The van der Waals surface area contributed by atoms with Crippen molar-refractivity contribution in [2.75, 3.05) is 20.1 Å². The van der Waals surface area contributed by atoms with E-state index in [1.807, 2.05) is 7.05 Å². The van der Waals surface area contributed by atoms with Crippen molar-refractivity contribution in [3.63, 3.8) is 0 Å². The van der Waals surface area contributed by atoms with Gasteiger partial charge in [0.15, 0.2) is 5.69 Å². The van der Waals surface area contributed by atoms with E-state index in [1.165, 1.54) is 0 Å². The second-order valence-corrected chi connectivity index (χ2v) is 4.42. The van der Waals surface area contributed by atoms with Crippen LogP contribution in [0.5, 0.6) is 0 Å². The summed E-state index contributed by atoms with van der Waals surface area (Å²) in [7, 11) is 2.01. The minimum Gasteiger partial charge on any atom is -0.477 e. The lowest BCUT2D eigenvalue weighted by atomic mass is 9.97. The molecule has 1 atom stereocenters. The number of H-pyrrole nitrogens is 1. The van der Waals surface area contributed by atoms with Crippen molar-refractivity contribution >= 4 is 5.97 Å². The van der Waals surface area contributed by atoms with Gasteiger partial charge in [-0.2, -0.15) is 0 Å². The standard InChI is InChI=1S/C11H15N3O3/c1-14-4-2-3-7(6-14)10-12-8(11(16)17)5-9(15)13-10/h5,7H,2-4,6H2,1H3,(H,16,17)(H,12,13,15). The minimum absolute atomic E-state index is 0.112. The van der Waals surface area contributed by atoms with Gasteiger partial charge in [0, 0.05) is 18.5 Å². The number of likely N-dealkylation sites (N-methyl/N-ethyl adjacent to an activating group) is 1. The molecule has 0 spiro atoms. The van der Waals surface area contributed by atoms with E-state index in [-0.39, 0.29) is 11.6 Å². The Kier molecular flexibility index (Phi) is 3.23. The van der Waals surface area contributed by atoms with Crippen LogP contribution >= 0.6 is 0 Å². The lowest BCUT2D eigenvalue weighted by Crippen LogP contribution is -2.32. The number of carboxylic acid groups (broad SMARTS) is 1. The van der Waals surface area contributed by atoms with E-state index >= 15 is 0 Å². The molecule has 1 aromatic heterocycles. The third-order valence-corrected chi connectivity index (χ3v) is 2.99. The van der Waals surface area contributed by atoms with E-state index in [4.69, 9.17) is 5.11 Å². The summed E-state index contributed by atoms with van der Waals surface area (Å²) in [4.78, 5) is 31.0. The van der Waals surface area contributed by atoms with Crippen LogP contribution in [0.2, 0.25) is 0 Å². The first-order valence-corrected chi connectivity index (χ1v) is 5.59. The Morgan fingerprint density at radius 2 is 2.41 bits per heavy atom. The summed E-state index contributed by atoms with van der Waals surface area (Å²) in [5, 5.41) is 8.86. The zero-order chi connectivity index (χ0) is 12.4. The summed E-state index contributed by atoms with van der Waals surface area (Å²) in [5.74, 6) is -0.566. The second-order valence-electron chi connectivity index (χ2n) is 4.42. The molecule has 0 aromatic carbocycles. The van der Waals surface area contributed by atoms with Crippen LogP contribution in [0.15, 0.2) is 10.9 Å². The number of nitrogens with zero attached hydrogens (tertiary/aromatic N) is 2. The van der Waals surface area contributed by atoms with E-state index in [0.29, 0.717) is 5.82 Å². The Morgan fingerprint density at radius 3 is 3.06 bits per heavy atom. The number of carboxylic acids is 1. The van der Waals surface area contributed by atoms with Crippen LogP contribution in [0, 0.1) is 0 Å². The smallest absolute Gasteiger partial charge is 0.354 e. The van der Waals surface area contributed by atoms with Crippen molar-refractivity contribution in [2.45, 2.75) is 18.8 Å². The van der Waals surface area contributed by atoms with Crippen LogP contribution in [-0.4, -0.2) is 46.1 Å². The van der Waals surface area contributed by atoms with Gasteiger partial charge < -0.3 is 15.0 Å². The number of piperidine rings is 1. The summed E-state index contributed by atoms with van der Waals surface area (Å²) in [6.07, 6.45) is 1.96. The maximum atomic E-state index is 11.4. The summed E-state index contributed by atoms with van der Waals surface area (Å²) in [5.41, 5.74) is -0.586. The molecule has 1 saturated heterocycles. The third kappa shape index (κ3) is 2.71. The van der Waals surface area contributed by atoms with Crippen molar-refractivity contribution < 1.29 is 9.90 Å². The van der Waals surface area contributed by atoms with Crippen LogP contribution < -0.4 is 5.56 Å². The molecular weight excluding hydrogens is 222 g/mol. The van der Waals surface area contributed by atoms with E-state index in [1.54, 1.807) is 0 Å². The molecule has 1 aromatic rings. The number of rotatable bonds is 2. The number of hydrogen-bond acceptors (Lipinski definition) is 4. The van der Waals surface area contributed by atoms with E-state index < -0.39 is 11.5 Å². The van der Waals surface area contributed by atoms with E-state index in [9.17, 15) is 9.59 Å². The van der Waals surface area contributed by atoms with Crippen molar-refractivity contribution in [1.82, 2.24) is 14.9 Å². The van der Waals surface area contributed by atoms with Gasteiger partial charge in [-0.05, 0) is 26.4 Å². The molecule has 1 fully saturated rings. The molecule has 2 N–H and O–H groups in total. The topological polar surface area (TPSA) is 86.3 Å². The first-order chi connectivity index (χ1) is 8.06. The molecule has 1 aliphatic heterocycles. The quantitative estimate of drug-likeness (QED) is 0.771. The molecule has 0 aliphatic carbocycles. The van der Waals surface area contributed by atoms with Crippen LogP contribution in [0.25, 0.3) is 0 Å². The molecule has 2 rings (SSSR count). The Bertz CT molecular complexity index is 483. The largest absolute Gasteiger partial charge is 0.477 e. The zero-order valence-electron chi connectivity index (χ0n) is 9.64. The molecule has 17 heavy (non-hydrogen) atoms. The normalized spacial score (nSPS) is 21.4. The van der Waals surface area contributed by atoms with Gasteiger partial charge in [0.1, 0.15) is 5.82 Å². The average Bonchev–Trinajstić information content (AvgIpc) is 2.28. The fraction of sp³-hybridized carbons (Fsp3) is 0.545. The Morgan fingerprint density at radius 1 is 1.65 bits per heavy atom. The van der Waals surface area contributed by atoms with Gasteiger partial charge in [-0.25, -0.2) is 9.78 Å². The lowest BCUT2D eigenvalue weighted by molar-refractivity contribution is 0.0689. The molecular formula is C11H15N3O3. The SMILES string of the molecule is CN1CCCC(c2nc(C(=O)O)cc(=O)[nH]2)C1. The molecule has 0 saturated carbocycles. The molecule has 0 bridgehead atoms. The fourth-order valence-electron chi connectivity index (χ4n) is 2.17. The van der Waals surface area contributed by atoms with Crippen molar-refractivity contribution in [3.05, 3.63) is 27.9 Å². The number of nitrogens with one attached hydrogen (secondary N) is 1. The van der Waals surface area contributed by atoms with Gasteiger partial charge in [0.2, 0.25) is 0 Å². The maximum Gasteiger partial charge on any atom is 0.354 e.